The molecule has 1 unspecified atom stereocenters. The highest BCUT2D eigenvalue weighted by atomic mass is 16.6. The van der Waals surface area contributed by atoms with E-state index < -0.39 is 0 Å². The predicted molar refractivity (Wildman–Crippen MR) is 118 cm³/mol. The van der Waals surface area contributed by atoms with Crippen LogP contribution in [0.4, 0.5) is 10.6 Å². The third kappa shape index (κ3) is 6.19. The molecule has 2 atom stereocenters. The lowest BCUT2D eigenvalue weighted by atomic mass is 9.92. The fourth-order valence-electron chi connectivity index (χ4n) is 4.07. The average Bonchev–Trinajstić information content (AvgIpc) is 3.12. The molecule has 0 radical (unpaired) electrons. The van der Waals surface area contributed by atoms with Crippen molar-refractivity contribution in [3.63, 3.8) is 0 Å². The molecular weight excluding hydrogens is 398 g/mol. The SMILES string of the molecule is CCC[C@H](C)Oc1nc(N)c2ncc(CC3CCN(CC(C)OC(=O)NC)CC3)n2n1. The molecule has 0 spiro atoms. The van der Waals surface area contributed by atoms with E-state index in [0.29, 0.717) is 23.4 Å². The van der Waals surface area contributed by atoms with Gasteiger partial charge in [0, 0.05) is 13.6 Å². The molecule has 2 aromatic heterocycles. The Hall–Kier alpha value is -2.62. The molecule has 0 bridgehead atoms. The number of nitrogens with one attached hydrogen (secondary N) is 1. The maximum absolute atomic E-state index is 11.4. The smallest absolute Gasteiger partial charge is 0.407 e. The number of carbonyl (C=O) groups is 1. The molecule has 0 saturated carbocycles. The largest absolute Gasteiger partial charge is 0.459 e. The molecule has 172 valence electrons. The number of hydrogen-bond donors (Lipinski definition) is 2. The highest BCUT2D eigenvalue weighted by Gasteiger charge is 2.23. The number of rotatable bonds is 9. The summed E-state index contributed by atoms with van der Waals surface area (Å²) in [5, 5.41) is 7.04. The molecule has 0 aromatic carbocycles. The number of nitrogens with zero attached hydrogens (tertiary/aromatic N) is 5. The number of fused-ring (bicyclic) bond motifs is 1. The summed E-state index contributed by atoms with van der Waals surface area (Å²) in [5.74, 6) is 0.866. The highest BCUT2D eigenvalue weighted by molar-refractivity contribution is 5.66. The molecule has 1 aliphatic rings. The van der Waals surface area contributed by atoms with Gasteiger partial charge >= 0.3 is 12.1 Å². The normalized spacial score (nSPS) is 17.4. The van der Waals surface area contributed by atoms with Crippen molar-refractivity contribution in [2.24, 2.45) is 5.92 Å². The molecule has 2 aromatic rings. The highest BCUT2D eigenvalue weighted by Crippen LogP contribution is 2.24. The van der Waals surface area contributed by atoms with E-state index in [1.54, 1.807) is 11.6 Å². The first-order valence-corrected chi connectivity index (χ1v) is 11.2. The van der Waals surface area contributed by atoms with Crippen molar-refractivity contribution >= 4 is 17.6 Å². The Morgan fingerprint density at radius 2 is 2.06 bits per heavy atom. The zero-order valence-electron chi connectivity index (χ0n) is 19.0. The lowest BCUT2D eigenvalue weighted by Crippen LogP contribution is -2.40. The number of anilines is 1. The van der Waals surface area contributed by atoms with Crippen LogP contribution in [0, 0.1) is 5.92 Å². The summed E-state index contributed by atoms with van der Waals surface area (Å²) in [5.41, 5.74) is 7.69. The number of piperidine rings is 1. The Morgan fingerprint density at radius 3 is 2.74 bits per heavy atom. The zero-order valence-corrected chi connectivity index (χ0v) is 19.0. The standard InChI is InChI=1S/C21H35N7O3/c1-5-6-14(2)30-20-25-18(22)19-24-12-17(28(19)26-20)11-16-7-9-27(10-8-16)13-15(3)31-21(29)23-4/h12,14-16H,5-11,13H2,1-4H3,(H,23,29)(H2,22,25,26)/t14-,15?/m0/s1. The van der Waals surface area contributed by atoms with E-state index >= 15 is 0 Å². The van der Waals surface area contributed by atoms with E-state index in [2.05, 4.69) is 32.2 Å². The topological polar surface area (TPSA) is 120 Å². The molecule has 10 heteroatoms. The molecule has 3 heterocycles. The van der Waals surface area contributed by atoms with Crippen molar-refractivity contribution in [2.75, 3.05) is 32.4 Å². The number of alkyl carbamates (subject to hydrolysis) is 1. The molecule has 3 rings (SSSR count). The van der Waals surface area contributed by atoms with E-state index in [4.69, 9.17) is 15.2 Å². The Kier molecular flexibility index (Phi) is 7.89. The van der Waals surface area contributed by atoms with Gasteiger partial charge in [-0.3, -0.25) is 4.90 Å². The molecular formula is C21H35N7O3. The minimum absolute atomic E-state index is 0.0351. The molecule has 31 heavy (non-hydrogen) atoms. The number of amides is 1. The Bertz CT molecular complexity index is 864. The molecule has 3 N–H and O–H groups in total. The Labute approximate surface area is 183 Å². The third-order valence-corrected chi connectivity index (χ3v) is 5.67. The molecule has 1 saturated heterocycles. The third-order valence-electron chi connectivity index (χ3n) is 5.67. The van der Waals surface area contributed by atoms with E-state index in [9.17, 15) is 4.79 Å². The zero-order chi connectivity index (χ0) is 22.4. The first-order chi connectivity index (χ1) is 14.9. The van der Waals surface area contributed by atoms with E-state index in [0.717, 1.165) is 57.4 Å². The quantitative estimate of drug-likeness (QED) is 0.618. The van der Waals surface area contributed by atoms with Crippen LogP contribution in [0.3, 0.4) is 0 Å². The summed E-state index contributed by atoms with van der Waals surface area (Å²) >= 11 is 0. The maximum Gasteiger partial charge on any atom is 0.407 e. The van der Waals surface area contributed by atoms with Crippen molar-refractivity contribution < 1.29 is 14.3 Å². The van der Waals surface area contributed by atoms with Gasteiger partial charge in [0.1, 0.15) is 6.10 Å². The van der Waals surface area contributed by atoms with E-state index in [1.165, 1.54) is 0 Å². The fraction of sp³-hybridized carbons (Fsp3) is 0.714. The van der Waals surface area contributed by atoms with Crippen LogP contribution in [0.25, 0.3) is 5.65 Å². The van der Waals surface area contributed by atoms with Gasteiger partial charge in [0.2, 0.25) is 0 Å². The van der Waals surface area contributed by atoms with Gasteiger partial charge in [-0.25, -0.2) is 14.3 Å². The maximum atomic E-state index is 11.4. The van der Waals surface area contributed by atoms with Gasteiger partial charge < -0.3 is 20.5 Å². The number of imidazole rings is 1. The van der Waals surface area contributed by atoms with Crippen LogP contribution < -0.4 is 15.8 Å². The van der Waals surface area contributed by atoms with Crippen molar-refractivity contribution in [1.82, 2.24) is 29.8 Å². The summed E-state index contributed by atoms with van der Waals surface area (Å²) in [6.07, 6.45) is 6.33. The summed E-state index contributed by atoms with van der Waals surface area (Å²) in [6.45, 7) is 8.75. The van der Waals surface area contributed by atoms with Crippen molar-refractivity contribution in [3.8, 4) is 6.01 Å². The van der Waals surface area contributed by atoms with Crippen LogP contribution in [0.15, 0.2) is 6.20 Å². The fourth-order valence-corrected chi connectivity index (χ4v) is 4.07. The van der Waals surface area contributed by atoms with Gasteiger partial charge in [-0.05, 0) is 58.5 Å². The molecule has 0 aliphatic carbocycles. The van der Waals surface area contributed by atoms with Gasteiger partial charge in [0.15, 0.2) is 11.5 Å². The van der Waals surface area contributed by atoms with E-state index in [-0.39, 0.29) is 18.3 Å². The monoisotopic (exact) mass is 433 g/mol. The van der Waals surface area contributed by atoms with E-state index in [1.807, 2.05) is 20.0 Å². The molecule has 1 aliphatic heterocycles. The Balaban J connectivity index is 1.58. The average molecular weight is 434 g/mol. The van der Waals surface area contributed by atoms with Crippen LogP contribution in [0.2, 0.25) is 0 Å². The lowest BCUT2D eigenvalue weighted by molar-refractivity contribution is 0.0689. The van der Waals surface area contributed by atoms with Crippen molar-refractivity contribution in [1.29, 1.82) is 0 Å². The number of hydrogen-bond acceptors (Lipinski definition) is 8. The van der Waals surface area contributed by atoms with Gasteiger partial charge in [-0.2, -0.15) is 4.98 Å². The number of aromatic nitrogens is 4. The van der Waals surface area contributed by atoms with Gasteiger partial charge in [0.25, 0.3) is 0 Å². The second-order valence-electron chi connectivity index (χ2n) is 8.40. The number of likely N-dealkylation sites (tertiary alicyclic amines) is 1. The lowest BCUT2D eigenvalue weighted by Gasteiger charge is -2.33. The van der Waals surface area contributed by atoms with Crippen molar-refractivity contribution in [3.05, 3.63) is 11.9 Å². The molecule has 1 amide bonds. The number of nitrogens with two attached hydrogens (primary N) is 1. The molecule has 1 fully saturated rings. The predicted octanol–water partition coefficient (Wildman–Crippen LogP) is 2.27. The number of ether oxygens (including phenoxy) is 2. The van der Waals surface area contributed by atoms with Crippen LogP contribution >= 0.6 is 0 Å². The van der Waals surface area contributed by atoms with Crippen molar-refractivity contribution in [2.45, 2.75) is 65.1 Å². The summed E-state index contributed by atoms with van der Waals surface area (Å²) in [6, 6.07) is 0.296. The summed E-state index contributed by atoms with van der Waals surface area (Å²) in [7, 11) is 1.57. The second kappa shape index (κ2) is 10.6. The summed E-state index contributed by atoms with van der Waals surface area (Å²) in [4.78, 5) is 22.4. The van der Waals surface area contributed by atoms with Gasteiger partial charge in [-0.1, -0.05) is 13.3 Å². The second-order valence-corrected chi connectivity index (χ2v) is 8.40. The minimum atomic E-state index is -0.385. The van der Waals surface area contributed by atoms with Crippen LogP contribution in [0.1, 0.15) is 52.1 Å². The first-order valence-electron chi connectivity index (χ1n) is 11.2. The van der Waals surface area contributed by atoms with Crippen LogP contribution in [0.5, 0.6) is 6.01 Å². The number of carbonyl (C=O) groups excluding carboxylic acids is 1. The number of nitrogen functional groups attached to an aromatic ring is 1. The van der Waals surface area contributed by atoms with Crippen LogP contribution in [-0.4, -0.2) is 69.5 Å². The van der Waals surface area contributed by atoms with Gasteiger partial charge in [-0.15, -0.1) is 5.10 Å². The Morgan fingerprint density at radius 1 is 1.32 bits per heavy atom. The van der Waals surface area contributed by atoms with Crippen LogP contribution in [-0.2, 0) is 11.2 Å². The van der Waals surface area contributed by atoms with Gasteiger partial charge in [0.05, 0.1) is 18.0 Å². The minimum Gasteiger partial charge on any atom is -0.459 e. The first kappa shape index (κ1) is 23.1. The summed E-state index contributed by atoms with van der Waals surface area (Å²) < 4.78 is 12.9. The molecule has 10 nitrogen and oxygen atoms in total.